The first-order valence-electron chi connectivity index (χ1n) is 6.31. The van der Waals surface area contributed by atoms with E-state index < -0.39 is 4.92 Å². The highest BCUT2D eigenvalue weighted by Gasteiger charge is 2.22. The molecule has 0 amide bonds. The van der Waals surface area contributed by atoms with E-state index in [2.05, 4.69) is 5.32 Å². The average Bonchev–Trinajstić information content (AvgIpc) is 2.38. The molecule has 2 atom stereocenters. The minimum Gasteiger partial charge on any atom is -0.392 e. The van der Waals surface area contributed by atoms with Gasteiger partial charge in [0.25, 0.3) is 5.69 Å². The number of hydrogen-bond donors (Lipinski definition) is 2. The normalized spacial score (nSPS) is 23.8. The number of benzene rings is 1. The lowest BCUT2D eigenvalue weighted by molar-refractivity contribution is -0.384. The molecule has 0 radical (unpaired) electrons. The number of aliphatic hydroxyl groups excluding tert-OH is 1. The highest BCUT2D eigenvalue weighted by atomic mass is 16.6. The quantitative estimate of drug-likeness (QED) is 0.633. The molecular weight excluding hydrogens is 232 g/mol. The number of non-ortho nitro benzene ring substituents is 1. The van der Waals surface area contributed by atoms with Gasteiger partial charge in [0.2, 0.25) is 0 Å². The van der Waals surface area contributed by atoms with Gasteiger partial charge in [-0.3, -0.25) is 10.1 Å². The maximum absolute atomic E-state index is 10.5. The van der Waals surface area contributed by atoms with Gasteiger partial charge in [0, 0.05) is 24.7 Å². The summed E-state index contributed by atoms with van der Waals surface area (Å²) in [5.41, 5.74) is 1.11. The van der Waals surface area contributed by atoms with Crippen LogP contribution in [-0.2, 0) is 6.54 Å². The van der Waals surface area contributed by atoms with Crippen LogP contribution in [0.15, 0.2) is 24.3 Å². The molecular formula is C13H18N2O3. The largest absolute Gasteiger partial charge is 0.392 e. The van der Waals surface area contributed by atoms with E-state index in [1.165, 1.54) is 12.1 Å². The average molecular weight is 250 g/mol. The Labute approximate surface area is 106 Å². The Morgan fingerprint density at radius 2 is 1.94 bits per heavy atom. The molecule has 5 heteroatoms. The minimum atomic E-state index is -0.401. The molecule has 1 aliphatic rings. The van der Waals surface area contributed by atoms with Crippen LogP contribution in [0.3, 0.4) is 0 Å². The molecule has 1 aromatic rings. The Hall–Kier alpha value is -1.46. The van der Waals surface area contributed by atoms with E-state index in [0.29, 0.717) is 6.54 Å². The smallest absolute Gasteiger partial charge is 0.269 e. The molecule has 0 heterocycles. The first kappa shape index (κ1) is 13.0. The van der Waals surface area contributed by atoms with Gasteiger partial charge in [-0.25, -0.2) is 0 Å². The molecule has 0 bridgehead atoms. The van der Waals surface area contributed by atoms with Crippen LogP contribution in [0, 0.1) is 10.1 Å². The van der Waals surface area contributed by atoms with E-state index in [0.717, 1.165) is 31.2 Å². The van der Waals surface area contributed by atoms with Crippen LogP contribution < -0.4 is 5.32 Å². The van der Waals surface area contributed by atoms with Gasteiger partial charge in [-0.2, -0.15) is 0 Å². The SMILES string of the molecule is O=[N+]([O-])c1ccc(CN[C@@H]2CCCC[C@H]2O)cc1. The van der Waals surface area contributed by atoms with E-state index >= 15 is 0 Å². The lowest BCUT2D eigenvalue weighted by atomic mass is 9.92. The third-order valence-electron chi connectivity index (χ3n) is 3.45. The molecule has 1 aliphatic carbocycles. The van der Waals surface area contributed by atoms with Crippen molar-refractivity contribution in [3.63, 3.8) is 0 Å². The summed E-state index contributed by atoms with van der Waals surface area (Å²) in [6, 6.07) is 6.66. The maximum Gasteiger partial charge on any atom is 0.269 e. The van der Waals surface area contributed by atoms with Crippen LogP contribution in [-0.4, -0.2) is 22.2 Å². The first-order chi connectivity index (χ1) is 8.66. The second-order valence-corrected chi connectivity index (χ2v) is 4.76. The molecule has 1 saturated carbocycles. The van der Waals surface area contributed by atoms with Gasteiger partial charge in [-0.05, 0) is 18.4 Å². The molecule has 98 valence electrons. The van der Waals surface area contributed by atoms with Crippen molar-refractivity contribution < 1.29 is 10.0 Å². The van der Waals surface area contributed by atoms with Gasteiger partial charge in [-0.15, -0.1) is 0 Å². The third kappa shape index (κ3) is 3.27. The molecule has 1 aromatic carbocycles. The van der Waals surface area contributed by atoms with E-state index in [9.17, 15) is 15.2 Å². The number of nitrogens with one attached hydrogen (secondary N) is 1. The van der Waals surface area contributed by atoms with E-state index in [4.69, 9.17) is 0 Å². The first-order valence-corrected chi connectivity index (χ1v) is 6.31. The predicted octanol–water partition coefficient (Wildman–Crippen LogP) is 1.99. The van der Waals surface area contributed by atoms with Crippen molar-refractivity contribution in [3.05, 3.63) is 39.9 Å². The van der Waals surface area contributed by atoms with E-state index in [1.807, 2.05) is 0 Å². The summed E-state index contributed by atoms with van der Waals surface area (Å²) in [6.07, 6.45) is 3.83. The van der Waals surface area contributed by atoms with Crippen molar-refractivity contribution >= 4 is 5.69 Å². The molecule has 18 heavy (non-hydrogen) atoms. The minimum absolute atomic E-state index is 0.108. The van der Waals surface area contributed by atoms with Crippen molar-refractivity contribution in [1.82, 2.24) is 5.32 Å². The van der Waals surface area contributed by atoms with Gasteiger partial charge in [0.1, 0.15) is 0 Å². The zero-order valence-corrected chi connectivity index (χ0v) is 10.2. The lowest BCUT2D eigenvalue weighted by Crippen LogP contribution is -2.41. The Balaban J connectivity index is 1.87. The van der Waals surface area contributed by atoms with Crippen LogP contribution in [0.25, 0.3) is 0 Å². The molecule has 2 N–H and O–H groups in total. The zero-order valence-electron chi connectivity index (χ0n) is 10.2. The molecule has 1 fully saturated rings. The van der Waals surface area contributed by atoms with Gasteiger partial charge in [0.05, 0.1) is 11.0 Å². The van der Waals surface area contributed by atoms with Crippen LogP contribution in [0.1, 0.15) is 31.2 Å². The summed E-state index contributed by atoms with van der Waals surface area (Å²) >= 11 is 0. The van der Waals surface area contributed by atoms with E-state index in [1.54, 1.807) is 12.1 Å². The molecule has 0 aliphatic heterocycles. The number of rotatable bonds is 4. The Bertz CT molecular complexity index is 405. The van der Waals surface area contributed by atoms with Crippen molar-refractivity contribution in [2.24, 2.45) is 0 Å². The van der Waals surface area contributed by atoms with Crippen LogP contribution in [0.4, 0.5) is 5.69 Å². The molecule has 0 saturated heterocycles. The van der Waals surface area contributed by atoms with Crippen molar-refractivity contribution in [3.8, 4) is 0 Å². The predicted molar refractivity (Wildman–Crippen MR) is 68.2 cm³/mol. The Morgan fingerprint density at radius 3 is 2.56 bits per heavy atom. The fourth-order valence-corrected chi connectivity index (χ4v) is 2.33. The summed E-state index contributed by atoms with van der Waals surface area (Å²) in [6.45, 7) is 0.639. The zero-order chi connectivity index (χ0) is 13.0. The topological polar surface area (TPSA) is 75.4 Å². The second-order valence-electron chi connectivity index (χ2n) is 4.76. The van der Waals surface area contributed by atoms with E-state index in [-0.39, 0.29) is 17.8 Å². The second kappa shape index (κ2) is 5.93. The Kier molecular flexibility index (Phi) is 4.28. The summed E-state index contributed by atoms with van der Waals surface area (Å²) < 4.78 is 0. The summed E-state index contributed by atoms with van der Waals surface area (Å²) in [5, 5.41) is 23.6. The summed E-state index contributed by atoms with van der Waals surface area (Å²) in [7, 11) is 0. The highest BCUT2D eigenvalue weighted by molar-refractivity contribution is 5.32. The molecule has 0 spiro atoms. The number of nitrogens with zero attached hydrogens (tertiary/aromatic N) is 1. The summed E-state index contributed by atoms with van der Waals surface area (Å²) in [4.78, 5) is 10.1. The van der Waals surface area contributed by atoms with Crippen molar-refractivity contribution in [1.29, 1.82) is 0 Å². The Morgan fingerprint density at radius 1 is 1.28 bits per heavy atom. The number of hydrogen-bond acceptors (Lipinski definition) is 4. The van der Waals surface area contributed by atoms with Crippen LogP contribution >= 0.6 is 0 Å². The van der Waals surface area contributed by atoms with Crippen LogP contribution in [0.5, 0.6) is 0 Å². The fraction of sp³-hybridized carbons (Fsp3) is 0.538. The van der Waals surface area contributed by atoms with Gasteiger partial charge < -0.3 is 10.4 Å². The van der Waals surface area contributed by atoms with Gasteiger partial charge >= 0.3 is 0 Å². The van der Waals surface area contributed by atoms with Crippen LogP contribution in [0.2, 0.25) is 0 Å². The van der Waals surface area contributed by atoms with Gasteiger partial charge in [-0.1, -0.05) is 25.0 Å². The highest BCUT2D eigenvalue weighted by Crippen LogP contribution is 2.19. The lowest BCUT2D eigenvalue weighted by Gasteiger charge is -2.28. The third-order valence-corrected chi connectivity index (χ3v) is 3.45. The number of nitro groups is 1. The standard InChI is InChI=1S/C13H18N2O3/c16-13-4-2-1-3-12(13)14-9-10-5-7-11(8-6-10)15(17)18/h5-8,12-14,16H,1-4,9H2/t12-,13-/m1/s1. The maximum atomic E-state index is 10.5. The molecule has 2 rings (SSSR count). The fourth-order valence-electron chi connectivity index (χ4n) is 2.33. The molecule has 0 aromatic heterocycles. The van der Waals surface area contributed by atoms with Crippen molar-refractivity contribution in [2.75, 3.05) is 0 Å². The number of aliphatic hydroxyl groups is 1. The molecule has 0 unspecified atom stereocenters. The molecule has 5 nitrogen and oxygen atoms in total. The number of nitro benzene ring substituents is 1. The van der Waals surface area contributed by atoms with Gasteiger partial charge in [0.15, 0.2) is 0 Å². The summed E-state index contributed by atoms with van der Waals surface area (Å²) in [5.74, 6) is 0. The van der Waals surface area contributed by atoms with Crippen molar-refractivity contribution in [2.45, 2.75) is 44.4 Å². The monoisotopic (exact) mass is 250 g/mol.